The van der Waals surface area contributed by atoms with Gasteiger partial charge in [-0.2, -0.15) is 0 Å². The van der Waals surface area contributed by atoms with Gasteiger partial charge in [-0.15, -0.1) is 11.3 Å². The van der Waals surface area contributed by atoms with E-state index in [1.54, 1.807) is 25.3 Å². The number of carbonyl (C=O) groups excluding carboxylic acids is 1. The molecule has 2 amide bonds. The van der Waals surface area contributed by atoms with Crippen LogP contribution in [0.15, 0.2) is 15.7 Å². The summed E-state index contributed by atoms with van der Waals surface area (Å²) in [5, 5.41) is 20.9. The number of rotatable bonds is 6. The summed E-state index contributed by atoms with van der Waals surface area (Å²) in [4.78, 5) is 17.7. The monoisotopic (exact) mass is 450 g/mol. The maximum atomic E-state index is 13.1. The van der Waals surface area contributed by atoms with Crippen molar-refractivity contribution in [2.75, 3.05) is 5.32 Å². The Morgan fingerprint density at radius 1 is 1.40 bits per heavy atom. The first-order valence-electron chi connectivity index (χ1n) is 10.4. The van der Waals surface area contributed by atoms with Crippen LogP contribution < -0.4 is 15.2 Å². The van der Waals surface area contributed by atoms with Crippen molar-refractivity contribution in [3.63, 3.8) is 0 Å². The Hall–Kier alpha value is -1.81. The second-order valence-electron chi connectivity index (χ2n) is 8.71. The molecule has 0 aromatic carbocycles. The van der Waals surface area contributed by atoms with Crippen LogP contribution in [0, 0.1) is 0 Å². The van der Waals surface area contributed by atoms with Crippen molar-refractivity contribution in [1.82, 2.24) is 9.71 Å². The fourth-order valence-corrected chi connectivity index (χ4v) is 6.56. The van der Waals surface area contributed by atoms with Gasteiger partial charge in [0.15, 0.2) is 0 Å². The van der Waals surface area contributed by atoms with Crippen LogP contribution in [0.1, 0.15) is 74.0 Å². The van der Waals surface area contributed by atoms with Gasteiger partial charge in [-0.05, 0) is 80.9 Å². The predicted molar refractivity (Wildman–Crippen MR) is 121 cm³/mol. The van der Waals surface area contributed by atoms with Crippen molar-refractivity contribution in [2.45, 2.75) is 75.0 Å². The molecular weight excluding hydrogens is 420 g/mol. The van der Waals surface area contributed by atoms with E-state index in [-0.39, 0.29) is 0 Å². The highest BCUT2D eigenvalue weighted by molar-refractivity contribution is 8.01. The summed E-state index contributed by atoms with van der Waals surface area (Å²) >= 11 is 1.18. The molecule has 2 aliphatic rings. The molecule has 0 saturated heterocycles. The Morgan fingerprint density at radius 2 is 2.13 bits per heavy atom. The van der Waals surface area contributed by atoms with Crippen LogP contribution in [0.5, 0.6) is 0 Å². The number of hydrogen-bond acceptors (Lipinski definition) is 5. The summed E-state index contributed by atoms with van der Waals surface area (Å²) in [6.07, 6.45) is 5.87. The van der Waals surface area contributed by atoms with Gasteiger partial charge in [0.05, 0.1) is 15.5 Å². The van der Waals surface area contributed by atoms with Crippen LogP contribution in [0.25, 0.3) is 0 Å². The number of hydrogen-bond donors (Lipinski definition) is 5. The minimum atomic E-state index is -3.62. The number of fused-ring (bicyclic) bond motifs is 1. The number of nitrogens with one attached hydrogen (secondary N) is 2. The topological polar surface area (TPSA) is 117 Å². The molecule has 5 N–H and O–H groups in total. The highest BCUT2D eigenvalue weighted by Gasteiger charge is 2.33. The normalized spacial score (nSPS) is 17.0. The van der Waals surface area contributed by atoms with Crippen molar-refractivity contribution in [2.24, 2.45) is 5.14 Å². The molecule has 0 aliphatic heterocycles. The number of aryl methyl sites for hydroxylation is 2. The summed E-state index contributed by atoms with van der Waals surface area (Å²) in [5.74, 6) is 0.435. The number of amides is 2. The number of anilines is 1. The summed E-state index contributed by atoms with van der Waals surface area (Å²) in [5.41, 5.74) is 4.76. The summed E-state index contributed by atoms with van der Waals surface area (Å²) in [6, 6.07) is 1.03. The van der Waals surface area contributed by atoms with Crippen LogP contribution in [0.4, 0.5) is 10.5 Å². The van der Waals surface area contributed by atoms with Gasteiger partial charge in [-0.25, -0.2) is 9.00 Å². The van der Waals surface area contributed by atoms with Gasteiger partial charge in [0.2, 0.25) is 0 Å². The Morgan fingerprint density at radius 3 is 2.73 bits per heavy atom. The fraction of sp³-hybridized carbons (Fsp3) is 0.524. The number of nitrogens with two attached hydrogens (primary N) is 1. The molecule has 2 aromatic rings. The summed E-state index contributed by atoms with van der Waals surface area (Å²) in [6.45, 7) is 5.38. The zero-order valence-electron chi connectivity index (χ0n) is 17.6. The second kappa shape index (κ2) is 7.71. The molecule has 7 nitrogen and oxygen atoms in total. The van der Waals surface area contributed by atoms with Gasteiger partial charge < -0.3 is 10.4 Å². The molecule has 0 spiro atoms. The van der Waals surface area contributed by atoms with Gasteiger partial charge in [0, 0.05) is 27.3 Å². The number of pyridine rings is 1. The average molecular weight is 451 g/mol. The van der Waals surface area contributed by atoms with E-state index in [0.29, 0.717) is 15.7 Å². The lowest BCUT2D eigenvalue weighted by atomic mass is 9.99. The number of carbonyl (C=O) groups is 1. The molecule has 2 aliphatic carbocycles. The van der Waals surface area contributed by atoms with Crippen LogP contribution in [0.3, 0.4) is 0 Å². The molecular formula is C21H30N4O3S2. The number of urea groups is 1. The average Bonchev–Trinajstić information content (AvgIpc) is 3.16. The molecule has 1 fully saturated rings. The van der Waals surface area contributed by atoms with Gasteiger partial charge in [0.25, 0.3) is 0 Å². The van der Waals surface area contributed by atoms with Crippen molar-refractivity contribution < 1.29 is 14.1 Å². The molecule has 2 heterocycles. The van der Waals surface area contributed by atoms with Crippen LogP contribution in [-0.4, -0.2) is 20.3 Å². The number of aliphatic hydroxyl groups is 1. The van der Waals surface area contributed by atoms with E-state index in [2.05, 4.69) is 17.0 Å². The maximum absolute atomic E-state index is 13.1. The van der Waals surface area contributed by atoms with Gasteiger partial charge in [0.1, 0.15) is 0 Å². The summed E-state index contributed by atoms with van der Waals surface area (Å²) < 4.78 is 15.9. The third kappa shape index (κ3) is 4.16. The number of aromatic nitrogens is 1. The molecule has 9 heteroatoms. The minimum absolute atomic E-state index is 0.353. The maximum Gasteiger partial charge on any atom is 0.330 e. The lowest BCUT2D eigenvalue weighted by Gasteiger charge is -2.22. The van der Waals surface area contributed by atoms with Crippen LogP contribution in [-0.2, 0) is 35.2 Å². The van der Waals surface area contributed by atoms with Crippen LogP contribution >= 0.6 is 11.3 Å². The molecule has 0 bridgehead atoms. The zero-order valence-corrected chi connectivity index (χ0v) is 19.3. The first kappa shape index (κ1) is 21.4. The van der Waals surface area contributed by atoms with Crippen molar-refractivity contribution >= 4 is 33.4 Å². The molecule has 1 saturated carbocycles. The number of thiol groups is 1. The summed E-state index contributed by atoms with van der Waals surface area (Å²) in [7, 11) is -3.62. The molecule has 164 valence electrons. The first-order valence-corrected chi connectivity index (χ1v) is 13.1. The van der Waals surface area contributed by atoms with Crippen LogP contribution in [0.2, 0.25) is 0 Å². The van der Waals surface area contributed by atoms with E-state index in [9.17, 15) is 14.1 Å². The van der Waals surface area contributed by atoms with Gasteiger partial charge >= 0.3 is 6.03 Å². The zero-order chi connectivity index (χ0) is 21.7. The third-order valence-corrected chi connectivity index (χ3v) is 8.97. The van der Waals surface area contributed by atoms with E-state index < -0.39 is 21.9 Å². The number of thiophene rings is 1. The number of nitrogens with zero attached hydrogens (tertiary/aromatic N) is 1. The lowest BCUT2D eigenvalue weighted by molar-refractivity contribution is 0.0789. The Labute approximate surface area is 182 Å². The van der Waals surface area contributed by atoms with E-state index in [4.69, 9.17) is 10.1 Å². The third-order valence-electron chi connectivity index (χ3n) is 5.79. The largest absolute Gasteiger partial charge is 0.386 e. The van der Waals surface area contributed by atoms with Crippen molar-refractivity contribution in [3.8, 4) is 0 Å². The van der Waals surface area contributed by atoms with Gasteiger partial charge in [-0.3, -0.25) is 14.8 Å². The predicted octanol–water partition coefficient (Wildman–Crippen LogP) is 3.29. The highest BCUT2D eigenvalue weighted by Crippen LogP contribution is 2.47. The fourth-order valence-electron chi connectivity index (χ4n) is 4.04. The molecule has 0 unspecified atom stereocenters. The quantitative estimate of drug-likeness (QED) is 0.434. The SMILES string of the molecule is CCc1nc2c(c(NC(=O)N[SH](N)(=O)c3cc(C(C)(C)O)cs3)c1C1CC1)CCC2. The van der Waals surface area contributed by atoms with Gasteiger partial charge in [-0.1, -0.05) is 6.92 Å². The molecule has 4 rings (SSSR count). The second-order valence-corrected chi connectivity index (χ2v) is 11.9. The standard InChI is InChI=1S/C21H30N4O3S2/c1-4-15-18(12-8-9-12)19(14-6-5-7-16(14)23-15)24-20(26)25-30(22,28)17-10-13(11-29-17)21(2,3)27/h10-12,27,30H,4-9H2,1-3H3,(H4,22,23,24,25,26,28). The molecule has 0 atom stereocenters. The first-order chi connectivity index (χ1) is 14.1. The van der Waals surface area contributed by atoms with Crippen molar-refractivity contribution in [3.05, 3.63) is 39.5 Å². The minimum Gasteiger partial charge on any atom is -0.386 e. The van der Waals surface area contributed by atoms with E-state index in [0.717, 1.165) is 66.7 Å². The molecule has 0 radical (unpaired) electrons. The van der Waals surface area contributed by atoms with E-state index in [1.807, 2.05) is 0 Å². The Bertz CT molecular complexity index is 1040. The van der Waals surface area contributed by atoms with Crippen molar-refractivity contribution in [1.29, 1.82) is 0 Å². The Balaban J connectivity index is 1.59. The Kier molecular flexibility index (Phi) is 5.50. The lowest BCUT2D eigenvalue weighted by Crippen LogP contribution is -2.44. The van der Waals surface area contributed by atoms with E-state index in [1.165, 1.54) is 11.3 Å². The highest BCUT2D eigenvalue weighted by atomic mass is 32.3. The smallest absolute Gasteiger partial charge is 0.330 e. The van der Waals surface area contributed by atoms with E-state index >= 15 is 0 Å². The molecule has 2 aromatic heterocycles. The molecule has 30 heavy (non-hydrogen) atoms.